The molecule has 3 rings (SSSR count). The van der Waals surface area contributed by atoms with Crippen LogP contribution in [0.3, 0.4) is 0 Å². The molecule has 1 aromatic carbocycles. The number of hydrogen-bond acceptors (Lipinski definition) is 5. The van der Waals surface area contributed by atoms with Crippen molar-refractivity contribution in [2.24, 2.45) is 0 Å². The van der Waals surface area contributed by atoms with Gasteiger partial charge in [0.1, 0.15) is 5.75 Å². The average molecular weight is 234 g/mol. The highest BCUT2D eigenvalue weighted by Crippen LogP contribution is 2.10. The molecule has 0 bridgehead atoms. The maximum atomic E-state index is 9.80. The lowest BCUT2D eigenvalue weighted by Crippen LogP contribution is -2.39. The molecule has 5 nitrogen and oxygen atoms in total. The van der Waals surface area contributed by atoms with Crippen molar-refractivity contribution in [3.8, 4) is 5.75 Å². The van der Waals surface area contributed by atoms with Gasteiger partial charge in [0.2, 0.25) is 0 Å². The van der Waals surface area contributed by atoms with Crippen molar-refractivity contribution < 1.29 is 23.7 Å². The average Bonchev–Trinajstić information content (AvgIpc) is 3.03. The van der Waals surface area contributed by atoms with Gasteiger partial charge in [-0.3, -0.25) is 0 Å². The fourth-order valence-electron chi connectivity index (χ4n) is 2.00. The Morgan fingerprint density at radius 3 is 2.12 bits per heavy atom. The number of phenols is 1. The molecule has 0 aliphatic carbocycles. The zero-order valence-electron chi connectivity index (χ0n) is 9.30. The lowest BCUT2D eigenvalue weighted by Gasteiger charge is -2.10. The maximum absolute atomic E-state index is 9.80. The Hall–Kier alpha value is -1.01. The minimum Gasteiger partial charge on any atom is -0.508 e. The van der Waals surface area contributed by atoms with Crippen LogP contribution in [-0.2, 0) is 18.6 Å². The van der Waals surface area contributed by atoms with Gasteiger partial charge in [-0.25, -0.2) is 0 Å². The summed E-state index contributed by atoms with van der Waals surface area (Å²) in [6.45, 7) is 2.28. The van der Waals surface area contributed by atoms with Gasteiger partial charge in [0, 0.05) is 5.46 Å². The zero-order chi connectivity index (χ0) is 11.7. The highest BCUT2D eigenvalue weighted by Gasteiger charge is 2.32. The number of benzene rings is 1. The molecule has 1 aromatic rings. The third kappa shape index (κ3) is 2.19. The van der Waals surface area contributed by atoms with E-state index in [9.17, 15) is 5.11 Å². The Morgan fingerprint density at radius 1 is 0.882 bits per heavy atom. The van der Waals surface area contributed by atoms with E-state index in [1.54, 1.807) is 18.2 Å². The van der Waals surface area contributed by atoms with Crippen LogP contribution >= 0.6 is 0 Å². The van der Waals surface area contributed by atoms with Crippen molar-refractivity contribution in [1.82, 2.24) is 0 Å². The van der Waals surface area contributed by atoms with Gasteiger partial charge in [0.15, 0.2) is 0 Å². The first kappa shape index (κ1) is 11.1. The number of aromatic hydroxyl groups is 1. The van der Waals surface area contributed by atoms with Gasteiger partial charge in [-0.1, -0.05) is 12.1 Å². The molecular formula is C10H12B2O5. The van der Waals surface area contributed by atoms with E-state index < -0.39 is 7.12 Å². The van der Waals surface area contributed by atoms with Gasteiger partial charge in [-0.05, 0) is 11.5 Å². The molecule has 2 heterocycles. The Kier molecular flexibility index (Phi) is 3.07. The second kappa shape index (κ2) is 4.70. The van der Waals surface area contributed by atoms with Gasteiger partial charge in [0.05, 0.1) is 26.4 Å². The summed E-state index contributed by atoms with van der Waals surface area (Å²) < 4.78 is 21.6. The molecular weight excluding hydrogens is 222 g/mol. The molecule has 0 atom stereocenters. The van der Waals surface area contributed by atoms with Crippen molar-refractivity contribution in [2.75, 3.05) is 26.4 Å². The highest BCUT2D eigenvalue weighted by atomic mass is 16.6. The van der Waals surface area contributed by atoms with Crippen LogP contribution < -0.4 is 10.9 Å². The predicted molar refractivity (Wildman–Crippen MR) is 62.7 cm³/mol. The van der Waals surface area contributed by atoms with Gasteiger partial charge in [-0.15, -0.1) is 0 Å². The molecule has 1 N–H and O–H groups in total. The van der Waals surface area contributed by atoms with E-state index in [1.165, 1.54) is 0 Å². The van der Waals surface area contributed by atoms with Crippen LogP contribution in [0.4, 0.5) is 0 Å². The molecule has 2 aliphatic rings. The number of rotatable bonds is 2. The van der Waals surface area contributed by atoms with Crippen LogP contribution in [0.15, 0.2) is 18.2 Å². The summed E-state index contributed by atoms with van der Waals surface area (Å²) in [5, 5.41) is 9.80. The number of hydrogen-bond donors (Lipinski definition) is 1. The van der Waals surface area contributed by atoms with Crippen molar-refractivity contribution in [2.45, 2.75) is 0 Å². The minimum absolute atomic E-state index is 0.165. The van der Waals surface area contributed by atoms with E-state index >= 15 is 0 Å². The van der Waals surface area contributed by atoms with Crippen molar-refractivity contribution >= 4 is 25.2 Å². The Morgan fingerprint density at radius 2 is 1.47 bits per heavy atom. The van der Waals surface area contributed by atoms with Gasteiger partial charge in [0.25, 0.3) is 0 Å². The molecule has 0 aromatic heterocycles. The van der Waals surface area contributed by atoms with E-state index in [0.717, 1.165) is 5.46 Å². The maximum Gasteiger partial charge on any atom is 0.497 e. The lowest BCUT2D eigenvalue weighted by atomic mass is 9.71. The molecule has 7 heteroatoms. The topological polar surface area (TPSA) is 57.2 Å². The van der Waals surface area contributed by atoms with E-state index in [0.29, 0.717) is 31.9 Å². The first-order valence-corrected chi connectivity index (χ1v) is 5.64. The van der Waals surface area contributed by atoms with Crippen molar-refractivity contribution in [3.63, 3.8) is 0 Å². The van der Waals surface area contributed by atoms with E-state index in [-0.39, 0.29) is 12.9 Å². The van der Waals surface area contributed by atoms with E-state index in [1.807, 2.05) is 0 Å². The predicted octanol–water partition coefficient (Wildman–Crippen LogP) is -1.12. The standard InChI is InChI=1S/C10H12B2O5/c13-10-2-1-8(11-14-3-4-15-11)7-9(10)12-16-5-6-17-12/h1-2,7,13H,3-6H2. The van der Waals surface area contributed by atoms with Crippen LogP contribution in [-0.4, -0.2) is 45.8 Å². The molecule has 0 spiro atoms. The summed E-state index contributed by atoms with van der Waals surface area (Å²) in [6.07, 6.45) is 0. The summed E-state index contributed by atoms with van der Waals surface area (Å²) >= 11 is 0. The third-order valence-electron chi connectivity index (χ3n) is 2.82. The van der Waals surface area contributed by atoms with Crippen molar-refractivity contribution in [1.29, 1.82) is 0 Å². The SMILES string of the molecule is Oc1ccc(B2OCCO2)cc1B1OCCO1. The molecule has 2 aliphatic heterocycles. The van der Waals surface area contributed by atoms with Crippen LogP contribution in [0.5, 0.6) is 5.75 Å². The quantitative estimate of drug-likeness (QED) is 0.656. The summed E-state index contributed by atoms with van der Waals surface area (Å²) in [4.78, 5) is 0. The molecule has 0 unspecified atom stereocenters. The van der Waals surface area contributed by atoms with Crippen LogP contribution in [0.2, 0.25) is 0 Å². The molecule has 2 saturated heterocycles. The largest absolute Gasteiger partial charge is 0.508 e. The molecule has 0 radical (unpaired) electrons. The fourth-order valence-corrected chi connectivity index (χ4v) is 2.00. The van der Waals surface area contributed by atoms with Gasteiger partial charge in [-0.2, -0.15) is 0 Å². The Balaban J connectivity index is 1.88. The van der Waals surface area contributed by atoms with Crippen LogP contribution in [0.25, 0.3) is 0 Å². The highest BCUT2D eigenvalue weighted by molar-refractivity contribution is 6.66. The zero-order valence-corrected chi connectivity index (χ0v) is 9.30. The lowest BCUT2D eigenvalue weighted by molar-refractivity contribution is 0.365. The Labute approximate surface area is 99.9 Å². The van der Waals surface area contributed by atoms with Crippen molar-refractivity contribution in [3.05, 3.63) is 18.2 Å². The second-order valence-electron chi connectivity index (χ2n) is 3.97. The molecule has 0 amide bonds. The molecule has 2 fully saturated rings. The minimum atomic E-state index is -0.489. The second-order valence-corrected chi connectivity index (χ2v) is 3.97. The van der Waals surface area contributed by atoms with Crippen LogP contribution in [0.1, 0.15) is 0 Å². The first-order valence-electron chi connectivity index (χ1n) is 5.64. The summed E-state index contributed by atoms with van der Waals surface area (Å²) in [5.41, 5.74) is 1.49. The number of phenolic OH excluding ortho intramolecular Hbond substituents is 1. The molecule has 0 saturated carbocycles. The first-order chi connectivity index (χ1) is 8.34. The summed E-state index contributed by atoms with van der Waals surface area (Å²) in [7, 11) is -0.841. The summed E-state index contributed by atoms with van der Waals surface area (Å²) in [5.74, 6) is 0.165. The third-order valence-corrected chi connectivity index (χ3v) is 2.82. The summed E-state index contributed by atoms with van der Waals surface area (Å²) in [6, 6.07) is 5.20. The Bertz CT molecular complexity index is 402. The van der Waals surface area contributed by atoms with E-state index in [2.05, 4.69) is 0 Å². The van der Waals surface area contributed by atoms with E-state index in [4.69, 9.17) is 18.6 Å². The smallest absolute Gasteiger partial charge is 0.497 e. The fraction of sp³-hybridized carbons (Fsp3) is 0.400. The van der Waals surface area contributed by atoms with Gasteiger partial charge < -0.3 is 23.7 Å². The molecule has 17 heavy (non-hydrogen) atoms. The normalized spacial score (nSPS) is 20.2. The molecule has 88 valence electrons. The monoisotopic (exact) mass is 234 g/mol. The van der Waals surface area contributed by atoms with Gasteiger partial charge >= 0.3 is 14.2 Å². The van der Waals surface area contributed by atoms with Crippen LogP contribution in [0, 0.1) is 0 Å².